The Morgan fingerprint density at radius 2 is 1.88 bits per heavy atom. The number of nitrogens with zero attached hydrogens (tertiary/aromatic N) is 1. The Bertz CT molecular complexity index is 824. The molecule has 4 nitrogen and oxygen atoms in total. The molecule has 0 aromatic heterocycles. The molecule has 0 saturated carbocycles. The number of sulfonamides is 1. The van der Waals surface area contributed by atoms with Crippen LogP contribution in [0.2, 0.25) is 0 Å². The zero-order valence-electron chi connectivity index (χ0n) is 13.5. The van der Waals surface area contributed by atoms with Crippen molar-refractivity contribution in [3.8, 4) is 0 Å². The number of rotatable bonds is 4. The van der Waals surface area contributed by atoms with Gasteiger partial charge >= 0.3 is 0 Å². The van der Waals surface area contributed by atoms with Crippen LogP contribution in [0.5, 0.6) is 0 Å². The van der Waals surface area contributed by atoms with Gasteiger partial charge in [-0.15, -0.1) is 0 Å². The van der Waals surface area contributed by atoms with Gasteiger partial charge in [0.05, 0.1) is 4.90 Å². The third-order valence-corrected chi connectivity index (χ3v) is 6.68. The maximum absolute atomic E-state index is 13.5. The van der Waals surface area contributed by atoms with Gasteiger partial charge in [-0.25, -0.2) is 12.8 Å². The second kappa shape index (κ2) is 6.63. The topological polar surface area (TPSA) is 63.4 Å². The van der Waals surface area contributed by atoms with Crippen LogP contribution >= 0.6 is 0 Å². The normalized spacial score (nSPS) is 22.0. The zero-order valence-corrected chi connectivity index (χ0v) is 14.3. The van der Waals surface area contributed by atoms with E-state index in [4.69, 9.17) is 5.73 Å². The first-order valence-corrected chi connectivity index (χ1v) is 9.39. The van der Waals surface area contributed by atoms with E-state index in [9.17, 15) is 12.8 Å². The first-order chi connectivity index (χ1) is 11.4. The largest absolute Gasteiger partial charge is 0.330 e. The molecule has 128 valence electrons. The molecule has 2 atom stereocenters. The Kier molecular flexibility index (Phi) is 4.71. The fourth-order valence-electron chi connectivity index (χ4n) is 3.34. The summed E-state index contributed by atoms with van der Waals surface area (Å²) in [6, 6.07) is 13.7. The van der Waals surface area contributed by atoms with Gasteiger partial charge in [-0.2, -0.15) is 4.31 Å². The van der Waals surface area contributed by atoms with Crippen molar-refractivity contribution in [2.45, 2.75) is 17.7 Å². The average molecular weight is 348 g/mol. The van der Waals surface area contributed by atoms with Crippen molar-refractivity contribution in [1.82, 2.24) is 4.31 Å². The predicted octanol–water partition coefficient (Wildman–Crippen LogP) is 2.50. The van der Waals surface area contributed by atoms with Crippen LogP contribution in [0.3, 0.4) is 0 Å². The quantitative estimate of drug-likeness (QED) is 0.923. The highest BCUT2D eigenvalue weighted by Crippen LogP contribution is 2.35. The second-order valence-corrected chi connectivity index (χ2v) is 8.15. The molecule has 24 heavy (non-hydrogen) atoms. The molecule has 1 aliphatic heterocycles. The molecule has 2 N–H and O–H groups in total. The third kappa shape index (κ3) is 3.09. The van der Waals surface area contributed by atoms with E-state index in [-0.39, 0.29) is 16.7 Å². The minimum atomic E-state index is -3.74. The summed E-state index contributed by atoms with van der Waals surface area (Å²) >= 11 is 0. The summed E-state index contributed by atoms with van der Waals surface area (Å²) in [5.74, 6) is -0.441. The maximum Gasteiger partial charge on any atom is 0.243 e. The first kappa shape index (κ1) is 17.1. The van der Waals surface area contributed by atoms with Gasteiger partial charge in [-0.3, -0.25) is 0 Å². The molecule has 2 aromatic carbocycles. The lowest BCUT2D eigenvalue weighted by molar-refractivity contribution is 0.458. The molecule has 6 heteroatoms. The van der Waals surface area contributed by atoms with Gasteiger partial charge < -0.3 is 5.73 Å². The average Bonchev–Trinajstić information content (AvgIpc) is 3.03. The lowest BCUT2D eigenvalue weighted by Gasteiger charge is -2.18. The minimum absolute atomic E-state index is 0.0342. The van der Waals surface area contributed by atoms with E-state index in [0.717, 1.165) is 11.6 Å². The van der Waals surface area contributed by atoms with Crippen molar-refractivity contribution in [1.29, 1.82) is 0 Å². The van der Waals surface area contributed by atoms with Crippen molar-refractivity contribution in [2.75, 3.05) is 19.6 Å². The van der Waals surface area contributed by atoms with Crippen molar-refractivity contribution in [2.24, 2.45) is 11.7 Å². The molecular weight excluding hydrogens is 327 g/mol. The Labute approximate surface area is 142 Å². The third-order valence-electron chi connectivity index (χ3n) is 4.71. The molecule has 0 amide bonds. The van der Waals surface area contributed by atoms with E-state index >= 15 is 0 Å². The molecular formula is C18H21FN2O2S. The number of hydrogen-bond acceptors (Lipinski definition) is 3. The molecule has 0 spiro atoms. The molecule has 1 fully saturated rings. The van der Waals surface area contributed by atoms with Crippen LogP contribution in [0, 0.1) is 18.7 Å². The highest BCUT2D eigenvalue weighted by atomic mass is 32.2. The van der Waals surface area contributed by atoms with Crippen molar-refractivity contribution < 1.29 is 12.8 Å². The van der Waals surface area contributed by atoms with Crippen molar-refractivity contribution in [3.63, 3.8) is 0 Å². The lowest BCUT2D eigenvalue weighted by Crippen LogP contribution is -2.30. The van der Waals surface area contributed by atoms with Gasteiger partial charge in [0.15, 0.2) is 0 Å². The van der Waals surface area contributed by atoms with Gasteiger partial charge in [-0.05, 0) is 42.6 Å². The number of benzene rings is 2. The zero-order chi connectivity index (χ0) is 17.3. The monoisotopic (exact) mass is 348 g/mol. The van der Waals surface area contributed by atoms with Gasteiger partial charge in [0.25, 0.3) is 0 Å². The highest BCUT2D eigenvalue weighted by molar-refractivity contribution is 7.89. The SMILES string of the molecule is Cc1ccc(F)cc1S(=O)(=O)N1C[C@@H](CN)[C@H](c2ccccc2)C1. The van der Waals surface area contributed by atoms with Crippen molar-refractivity contribution in [3.05, 3.63) is 65.5 Å². The molecule has 1 aliphatic rings. The summed E-state index contributed by atoms with van der Waals surface area (Å²) in [6.07, 6.45) is 0. The van der Waals surface area contributed by atoms with Gasteiger partial charge in [0, 0.05) is 19.0 Å². The molecule has 0 bridgehead atoms. The molecule has 2 aromatic rings. The number of halogens is 1. The van der Waals surface area contributed by atoms with Crippen LogP contribution in [0.1, 0.15) is 17.0 Å². The molecule has 0 unspecified atom stereocenters. The van der Waals surface area contributed by atoms with E-state index in [1.54, 1.807) is 6.92 Å². The van der Waals surface area contributed by atoms with Gasteiger partial charge in [0.2, 0.25) is 10.0 Å². The fourth-order valence-corrected chi connectivity index (χ4v) is 5.09. The van der Waals surface area contributed by atoms with Crippen LogP contribution in [-0.4, -0.2) is 32.4 Å². The lowest BCUT2D eigenvalue weighted by atomic mass is 9.89. The van der Waals surface area contributed by atoms with E-state index in [0.29, 0.717) is 25.2 Å². The van der Waals surface area contributed by atoms with Crippen LogP contribution in [0.15, 0.2) is 53.4 Å². The van der Waals surface area contributed by atoms with Crippen LogP contribution in [0.4, 0.5) is 4.39 Å². The Balaban J connectivity index is 1.94. The molecule has 3 rings (SSSR count). The number of hydrogen-bond donors (Lipinski definition) is 1. The number of aryl methyl sites for hydroxylation is 1. The summed E-state index contributed by atoms with van der Waals surface area (Å²) in [5, 5.41) is 0. The van der Waals surface area contributed by atoms with Crippen LogP contribution < -0.4 is 5.73 Å². The summed E-state index contributed by atoms with van der Waals surface area (Å²) < 4.78 is 40.9. The second-order valence-electron chi connectivity index (χ2n) is 6.24. The highest BCUT2D eigenvalue weighted by Gasteiger charge is 2.39. The van der Waals surface area contributed by atoms with Gasteiger partial charge in [0.1, 0.15) is 5.82 Å². The van der Waals surface area contributed by atoms with E-state index in [2.05, 4.69) is 0 Å². The Hall–Kier alpha value is -1.76. The smallest absolute Gasteiger partial charge is 0.243 e. The van der Waals surface area contributed by atoms with Gasteiger partial charge in [-0.1, -0.05) is 36.4 Å². The first-order valence-electron chi connectivity index (χ1n) is 7.95. The molecule has 1 heterocycles. The summed E-state index contributed by atoms with van der Waals surface area (Å²) in [7, 11) is -3.74. The minimum Gasteiger partial charge on any atom is -0.330 e. The standard InChI is InChI=1S/C18H21FN2O2S/c1-13-7-8-16(19)9-18(13)24(22,23)21-11-15(10-20)17(12-21)14-5-3-2-4-6-14/h2-9,15,17H,10-12,20H2,1H3/t15-,17+/m1/s1. The predicted molar refractivity (Wildman–Crippen MR) is 91.6 cm³/mol. The van der Waals surface area contributed by atoms with Crippen LogP contribution in [-0.2, 0) is 10.0 Å². The summed E-state index contributed by atoms with van der Waals surface area (Å²) in [5.41, 5.74) is 7.51. The summed E-state index contributed by atoms with van der Waals surface area (Å²) in [6.45, 7) is 2.81. The van der Waals surface area contributed by atoms with Crippen molar-refractivity contribution >= 4 is 10.0 Å². The van der Waals surface area contributed by atoms with Crippen LogP contribution in [0.25, 0.3) is 0 Å². The maximum atomic E-state index is 13.5. The fraction of sp³-hybridized carbons (Fsp3) is 0.333. The van der Waals surface area contributed by atoms with E-state index in [1.807, 2.05) is 30.3 Å². The van der Waals surface area contributed by atoms with E-state index in [1.165, 1.54) is 16.4 Å². The molecule has 0 radical (unpaired) electrons. The molecule has 0 aliphatic carbocycles. The molecule has 1 saturated heterocycles. The summed E-state index contributed by atoms with van der Waals surface area (Å²) in [4.78, 5) is 0.0342. The van der Waals surface area contributed by atoms with E-state index < -0.39 is 15.8 Å². The number of nitrogens with two attached hydrogens (primary N) is 1. The Morgan fingerprint density at radius 1 is 1.17 bits per heavy atom. The Morgan fingerprint density at radius 3 is 2.54 bits per heavy atom.